The van der Waals surface area contributed by atoms with Gasteiger partial charge in [0, 0.05) is 26.0 Å². The standard InChI is InChI=1S/C11H15N5O/c1-16(11-15-14-10(8-12)17-11)7-4-9-2-5-13-6-3-9/h2-3,5-6H,4,7-8,12H2,1H3. The van der Waals surface area contributed by atoms with Gasteiger partial charge in [0.05, 0.1) is 6.54 Å². The van der Waals surface area contributed by atoms with E-state index < -0.39 is 0 Å². The molecule has 17 heavy (non-hydrogen) atoms. The molecule has 2 aromatic rings. The monoisotopic (exact) mass is 233 g/mol. The topological polar surface area (TPSA) is 81.1 Å². The first kappa shape index (κ1) is 11.5. The van der Waals surface area contributed by atoms with Crippen LogP contribution in [0.2, 0.25) is 0 Å². The number of likely N-dealkylation sites (N-methyl/N-ethyl adjacent to an activating group) is 1. The van der Waals surface area contributed by atoms with Gasteiger partial charge in [-0.3, -0.25) is 4.98 Å². The van der Waals surface area contributed by atoms with Gasteiger partial charge in [0.2, 0.25) is 5.89 Å². The Bertz CT molecular complexity index is 456. The molecule has 0 amide bonds. The molecule has 0 unspecified atom stereocenters. The molecule has 0 radical (unpaired) electrons. The summed E-state index contributed by atoms with van der Waals surface area (Å²) in [5, 5.41) is 7.73. The predicted octanol–water partition coefficient (Wildman–Crippen LogP) is 0.602. The average molecular weight is 233 g/mol. The fourth-order valence-corrected chi connectivity index (χ4v) is 1.42. The minimum Gasteiger partial charge on any atom is -0.407 e. The van der Waals surface area contributed by atoms with Gasteiger partial charge in [-0.25, -0.2) is 0 Å². The summed E-state index contributed by atoms with van der Waals surface area (Å²) >= 11 is 0. The van der Waals surface area contributed by atoms with Crippen LogP contribution in [-0.2, 0) is 13.0 Å². The van der Waals surface area contributed by atoms with Crippen molar-refractivity contribution in [2.45, 2.75) is 13.0 Å². The van der Waals surface area contributed by atoms with E-state index in [1.165, 1.54) is 5.56 Å². The van der Waals surface area contributed by atoms with E-state index in [1.54, 1.807) is 12.4 Å². The van der Waals surface area contributed by atoms with Gasteiger partial charge in [-0.2, -0.15) is 0 Å². The lowest BCUT2D eigenvalue weighted by molar-refractivity contribution is 0.491. The van der Waals surface area contributed by atoms with Gasteiger partial charge in [-0.15, -0.1) is 5.10 Å². The third-order valence-corrected chi connectivity index (χ3v) is 2.44. The normalized spacial score (nSPS) is 10.5. The molecule has 0 bridgehead atoms. The summed E-state index contributed by atoms with van der Waals surface area (Å²) in [6, 6.07) is 4.49. The van der Waals surface area contributed by atoms with E-state index in [1.807, 2.05) is 24.1 Å². The van der Waals surface area contributed by atoms with Gasteiger partial charge in [-0.1, -0.05) is 5.10 Å². The molecule has 0 atom stereocenters. The van der Waals surface area contributed by atoms with Gasteiger partial charge < -0.3 is 15.1 Å². The van der Waals surface area contributed by atoms with Crippen molar-refractivity contribution in [3.05, 3.63) is 36.0 Å². The third-order valence-electron chi connectivity index (χ3n) is 2.44. The van der Waals surface area contributed by atoms with Gasteiger partial charge >= 0.3 is 6.01 Å². The number of nitrogens with zero attached hydrogens (tertiary/aromatic N) is 4. The van der Waals surface area contributed by atoms with E-state index in [0.29, 0.717) is 11.9 Å². The Morgan fingerprint density at radius 2 is 2.06 bits per heavy atom. The van der Waals surface area contributed by atoms with Crippen molar-refractivity contribution in [1.82, 2.24) is 15.2 Å². The summed E-state index contributed by atoms with van der Waals surface area (Å²) < 4.78 is 5.35. The molecule has 2 N–H and O–H groups in total. The second-order valence-electron chi connectivity index (χ2n) is 3.71. The van der Waals surface area contributed by atoms with Crippen LogP contribution in [0.15, 0.2) is 28.9 Å². The summed E-state index contributed by atoms with van der Waals surface area (Å²) in [6.45, 7) is 1.07. The van der Waals surface area contributed by atoms with Crippen LogP contribution in [0.1, 0.15) is 11.5 Å². The van der Waals surface area contributed by atoms with Crippen LogP contribution >= 0.6 is 0 Å². The Kier molecular flexibility index (Phi) is 3.66. The molecule has 0 aliphatic heterocycles. The lowest BCUT2D eigenvalue weighted by Gasteiger charge is -2.13. The molecular weight excluding hydrogens is 218 g/mol. The second kappa shape index (κ2) is 5.40. The van der Waals surface area contributed by atoms with Crippen LogP contribution in [-0.4, -0.2) is 28.8 Å². The van der Waals surface area contributed by atoms with E-state index in [9.17, 15) is 0 Å². The molecule has 6 nitrogen and oxygen atoms in total. The Morgan fingerprint density at radius 1 is 1.29 bits per heavy atom. The first-order valence-electron chi connectivity index (χ1n) is 5.42. The van der Waals surface area contributed by atoms with Crippen molar-refractivity contribution in [3.8, 4) is 0 Å². The van der Waals surface area contributed by atoms with Crippen LogP contribution in [0.4, 0.5) is 6.01 Å². The zero-order valence-corrected chi connectivity index (χ0v) is 9.71. The minimum atomic E-state index is 0.269. The maximum Gasteiger partial charge on any atom is 0.317 e. The van der Waals surface area contributed by atoms with E-state index in [2.05, 4.69) is 15.2 Å². The molecule has 2 heterocycles. The Labute approximate surface area is 99.5 Å². The highest BCUT2D eigenvalue weighted by molar-refractivity contribution is 5.23. The predicted molar refractivity (Wildman–Crippen MR) is 63.4 cm³/mol. The van der Waals surface area contributed by atoms with Crippen LogP contribution in [0.5, 0.6) is 0 Å². The smallest absolute Gasteiger partial charge is 0.317 e. The van der Waals surface area contributed by atoms with Crippen molar-refractivity contribution < 1.29 is 4.42 Å². The van der Waals surface area contributed by atoms with E-state index in [0.717, 1.165) is 13.0 Å². The van der Waals surface area contributed by atoms with Crippen molar-refractivity contribution >= 4 is 6.01 Å². The van der Waals surface area contributed by atoms with Gasteiger partial charge in [0.15, 0.2) is 0 Å². The molecule has 0 spiro atoms. The van der Waals surface area contributed by atoms with Crippen LogP contribution in [0, 0.1) is 0 Å². The Balaban J connectivity index is 1.91. The minimum absolute atomic E-state index is 0.269. The second-order valence-corrected chi connectivity index (χ2v) is 3.71. The summed E-state index contributed by atoms with van der Waals surface area (Å²) in [6.07, 6.45) is 4.47. The lowest BCUT2D eigenvalue weighted by Crippen LogP contribution is -2.20. The molecule has 0 aliphatic carbocycles. The largest absolute Gasteiger partial charge is 0.407 e. The molecule has 0 saturated carbocycles. The first-order valence-corrected chi connectivity index (χ1v) is 5.42. The van der Waals surface area contributed by atoms with Crippen molar-refractivity contribution in [2.75, 3.05) is 18.5 Å². The van der Waals surface area contributed by atoms with Gasteiger partial charge in [0.1, 0.15) is 0 Å². The first-order chi connectivity index (χ1) is 8.29. The molecule has 0 fully saturated rings. The van der Waals surface area contributed by atoms with E-state index in [4.69, 9.17) is 10.2 Å². The molecule has 0 saturated heterocycles. The highest BCUT2D eigenvalue weighted by Crippen LogP contribution is 2.10. The lowest BCUT2D eigenvalue weighted by atomic mass is 10.2. The molecule has 90 valence electrons. The highest BCUT2D eigenvalue weighted by Gasteiger charge is 2.09. The summed E-state index contributed by atoms with van der Waals surface area (Å²) in [7, 11) is 1.91. The maximum atomic E-state index is 5.41. The SMILES string of the molecule is CN(CCc1ccncc1)c1nnc(CN)o1. The molecule has 2 aromatic heterocycles. The Morgan fingerprint density at radius 3 is 2.71 bits per heavy atom. The number of anilines is 1. The molecular formula is C11H15N5O. The summed E-state index contributed by atoms with van der Waals surface area (Å²) in [5.41, 5.74) is 6.63. The number of hydrogen-bond acceptors (Lipinski definition) is 6. The number of rotatable bonds is 5. The van der Waals surface area contributed by atoms with E-state index >= 15 is 0 Å². The summed E-state index contributed by atoms with van der Waals surface area (Å²) in [5.74, 6) is 0.454. The van der Waals surface area contributed by atoms with Crippen LogP contribution in [0.3, 0.4) is 0 Å². The van der Waals surface area contributed by atoms with Crippen LogP contribution < -0.4 is 10.6 Å². The van der Waals surface area contributed by atoms with E-state index in [-0.39, 0.29) is 6.54 Å². The zero-order valence-electron chi connectivity index (χ0n) is 9.71. The van der Waals surface area contributed by atoms with Crippen molar-refractivity contribution in [3.63, 3.8) is 0 Å². The van der Waals surface area contributed by atoms with Gasteiger partial charge in [-0.05, 0) is 24.1 Å². The Hall–Kier alpha value is -1.95. The summed E-state index contributed by atoms with van der Waals surface area (Å²) in [4.78, 5) is 5.89. The van der Waals surface area contributed by atoms with Crippen molar-refractivity contribution in [1.29, 1.82) is 0 Å². The molecule has 0 aliphatic rings. The third kappa shape index (κ3) is 3.01. The zero-order chi connectivity index (χ0) is 12.1. The highest BCUT2D eigenvalue weighted by atomic mass is 16.4. The average Bonchev–Trinajstić information content (AvgIpc) is 2.86. The fourth-order valence-electron chi connectivity index (χ4n) is 1.42. The molecule has 2 rings (SSSR count). The van der Waals surface area contributed by atoms with Crippen LogP contribution in [0.25, 0.3) is 0 Å². The number of pyridine rings is 1. The fraction of sp³-hybridized carbons (Fsp3) is 0.364. The van der Waals surface area contributed by atoms with Crippen molar-refractivity contribution in [2.24, 2.45) is 5.73 Å². The number of aromatic nitrogens is 3. The quantitative estimate of drug-likeness (QED) is 0.814. The number of hydrogen-bond donors (Lipinski definition) is 1. The molecule has 6 heteroatoms. The van der Waals surface area contributed by atoms with Gasteiger partial charge in [0.25, 0.3) is 0 Å². The molecule has 0 aromatic carbocycles. The number of nitrogens with two attached hydrogens (primary N) is 1. The maximum absolute atomic E-state index is 5.41.